The summed E-state index contributed by atoms with van der Waals surface area (Å²) in [5, 5.41) is 0. The van der Waals surface area contributed by atoms with E-state index in [1.165, 1.54) is 24.4 Å². The van der Waals surface area contributed by atoms with Crippen molar-refractivity contribution in [1.82, 2.24) is 4.98 Å². The molecule has 3 aromatic rings. The summed E-state index contributed by atoms with van der Waals surface area (Å²) in [6.07, 6.45) is 1.45. The molecule has 7 nitrogen and oxygen atoms in total. The summed E-state index contributed by atoms with van der Waals surface area (Å²) in [7, 11) is -3.75. The molecule has 1 aliphatic rings. The Bertz CT molecular complexity index is 1150. The van der Waals surface area contributed by atoms with Gasteiger partial charge in [-0.05, 0) is 49.4 Å². The van der Waals surface area contributed by atoms with E-state index in [9.17, 15) is 18.0 Å². The van der Waals surface area contributed by atoms with E-state index in [1.807, 2.05) is 6.92 Å². The predicted octanol–water partition coefficient (Wildman–Crippen LogP) is 3.05. The number of fused-ring (bicyclic) bond motifs is 1. The van der Waals surface area contributed by atoms with Crippen molar-refractivity contribution in [2.75, 3.05) is 9.62 Å². The van der Waals surface area contributed by atoms with Crippen molar-refractivity contribution >= 4 is 44.5 Å². The monoisotopic (exact) mass is 399 g/mol. The van der Waals surface area contributed by atoms with Crippen LogP contribution in [-0.2, 0) is 10.0 Å². The van der Waals surface area contributed by atoms with Crippen molar-refractivity contribution in [3.63, 3.8) is 0 Å². The fraction of sp³-hybridized carbons (Fsp3) is 0.0556. The molecule has 4 rings (SSSR count). The first-order valence-corrected chi connectivity index (χ1v) is 10.2. The number of carbonyl (C=O) groups is 2. The zero-order valence-electron chi connectivity index (χ0n) is 14.0. The molecule has 136 valence electrons. The average Bonchev–Trinajstić information content (AvgIpc) is 3.18. The van der Waals surface area contributed by atoms with Gasteiger partial charge in [0.15, 0.2) is 0 Å². The van der Waals surface area contributed by atoms with Crippen LogP contribution in [0, 0.1) is 6.92 Å². The van der Waals surface area contributed by atoms with Crippen LogP contribution in [0.3, 0.4) is 0 Å². The van der Waals surface area contributed by atoms with Crippen LogP contribution in [0.4, 0.5) is 11.4 Å². The third-order valence-electron chi connectivity index (χ3n) is 3.98. The first kappa shape index (κ1) is 17.4. The van der Waals surface area contributed by atoms with Gasteiger partial charge in [-0.15, -0.1) is 11.3 Å². The van der Waals surface area contributed by atoms with Crippen molar-refractivity contribution in [3.8, 4) is 0 Å². The average molecular weight is 399 g/mol. The molecule has 0 aliphatic carbocycles. The van der Waals surface area contributed by atoms with E-state index in [4.69, 9.17) is 0 Å². The summed E-state index contributed by atoms with van der Waals surface area (Å²) >= 11 is 1.16. The molecular formula is C18H13N3O4S2. The van der Waals surface area contributed by atoms with Crippen molar-refractivity contribution < 1.29 is 18.0 Å². The smallest absolute Gasteiger partial charge is 0.279 e. The summed E-state index contributed by atoms with van der Waals surface area (Å²) in [5.41, 5.74) is 0.832. The minimum atomic E-state index is -3.75. The van der Waals surface area contributed by atoms with Crippen LogP contribution >= 0.6 is 11.3 Å². The number of pyridine rings is 1. The number of anilines is 2. The molecule has 0 atom stereocenters. The van der Waals surface area contributed by atoms with Crippen LogP contribution in [0.1, 0.15) is 25.7 Å². The van der Waals surface area contributed by atoms with Crippen LogP contribution in [0.2, 0.25) is 0 Å². The topological polar surface area (TPSA) is 96.4 Å². The molecule has 1 aromatic carbocycles. The maximum Gasteiger partial charge on any atom is 0.284 e. The lowest BCUT2D eigenvalue weighted by atomic mass is 10.2. The Labute approximate surface area is 159 Å². The number of imide groups is 1. The van der Waals surface area contributed by atoms with Gasteiger partial charge in [0.2, 0.25) is 0 Å². The highest BCUT2D eigenvalue weighted by Crippen LogP contribution is 2.30. The number of nitrogens with zero attached hydrogens (tertiary/aromatic N) is 2. The lowest BCUT2D eigenvalue weighted by Crippen LogP contribution is -2.29. The van der Waals surface area contributed by atoms with Gasteiger partial charge in [0.05, 0.1) is 16.9 Å². The standard InChI is InChI=1S/C18H13N3O4S2/c1-11-7-8-15(26-11)27(24,25)20-12-4-2-5-13(10-12)21-17(22)14-6-3-9-19-16(14)18(21)23/h2-10,20H,1H3. The van der Waals surface area contributed by atoms with E-state index in [-0.39, 0.29) is 26.8 Å². The number of aryl methyl sites for hydroxylation is 1. The number of aromatic nitrogens is 1. The van der Waals surface area contributed by atoms with Gasteiger partial charge in [-0.25, -0.2) is 13.3 Å². The molecule has 1 aliphatic heterocycles. The molecule has 0 fully saturated rings. The molecule has 3 heterocycles. The van der Waals surface area contributed by atoms with E-state index in [0.717, 1.165) is 21.1 Å². The van der Waals surface area contributed by atoms with Crippen LogP contribution in [0.15, 0.2) is 58.9 Å². The van der Waals surface area contributed by atoms with Gasteiger partial charge in [-0.3, -0.25) is 19.3 Å². The van der Waals surface area contributed by atoms with E-state index >= 15 is 0 Å². The molecule has 0 spiro atoms. The number of hydrogen-bond acceptors (Lipinski definition) is 6. The normalized spacial score (nSPS) is 13.7. The number of hydrogen-bond donors (Lipinski definition) is 1. The SMILES string of the molecule is Cc1ccc(S(=O)(=O)Nc2cccc(N3C(=O)c4cccnc4C3=O)c2)s1. The van der Waals surface area contributed by atoms with E-state index < -0.39 is 21.8 Å². The van der Waals surface area contributed by atoms with Crippen LogP contribution in [0.25, 0.3) is 0 Å². The quantitative estimate of drug-likeness (QED) is 0.680. The molecular weight excluding hydrogens is 386 g/mol. The fourth-order valence-electron chi connectivity index (χ4n) is 2.77. The first-order chi connectivity index (χ1) is 12.9. The zero-order valence-corrected chi connectivity index (χ0v) is 15.7. The number of sulfonamides is 1. The van der Waals surface area contributed by atoms with E-state index in [0.29, 0.717) is 0 Å². The van der Waals surface area contributed by atoms with Gasteiger partial charge in [-0.1, -0.05) is 6.07 Å². The van der Waals surface area contributed by atoms with Gasteiger partial charge in [0, 0.05) is 11.1 Å². The highest BCUT2D eigenvalue weighted by Gasteiger charge is 2.37. The summed E-state index contributed by atoms with van der Waals surface area (Å²) in [6, 6.07) is 12.5. The number of nitrogens with one attached hydrogen (secondary N) is 1. The second-order valence-electron chi connectivity index (χ2n) is 5.87. The lowest BCUT2D eigenvalue weighted by Gasteiger charge is -2.15. The second-order valence-corrected chi connectivity index (χ2v) is 9.06. The van der Waals surface area contributed by atoms with E-state index in [1.54, 1.807) is 30.3 Å². The van der Waals surface area contributed by atoms with Crippen molar-refractivity contribution in [1.29, 1.82) is 0 Å². The Hall–Kier alpha value is -3.04. The lowest BCUT2D eigenvalue weighted by molar-refractivity contribution is 0.0924. The van der Waals surface area contributed by atoms with E-state index in [2.05, 4.69) is 9.71 Å². The van der Waals surface area contributed by atoms with Gasteiger partial charge in [0.25, 0.3) is 21.8 Å². The highest BCUT2D eigenvalue weighted by atomic mass is 32.2. The third kappa shape index (κ3) is 3.00. The molecule has 0 unspecified atom stereocenters. The Morgan fingerprint density at radius 1 is 1.04 bits per heavy atom. The summed E-state index contributed by atoms with van der Waals surface area (Å²) in [4.78, 5) is 30.9. The largest absolute Gasteiger partial charge is 0.284 e. The first-order valence-electron chi connectivity index (χ1n) is 7.90. The van der Waals surface area contributed by atoms with Crippen molar-refractivity contribution in [2.45, 2.75) is 11.1 Å². The highest BCUT2D eigenvalue weighted by molar-refractivity contribution is 7.94. The minimum absolute atomic E-state index is 0.0857. The van der Waals surface area contributed by atoms with Gasteiger partial charge < -0.3 is 0 Å². The molecule has 2 amide bonds. The molecule has 0 radical (unpaired) electrons. The number of carbonyl (C=O) groups excluding carboxylic acids is 2. The van der Waals surface area contributed by atoms with Crippen LogP contribution < -0.4 is 9.62 Å². The summed E-state index contributed by atoms with van der Waals surface area (Å²) < 4.78 is 27.7. The molecule has 0 saturated carbocycles. The van der Waals surface area contributed by atoms with Crippen molar-refractivity contribution in [3.05, 3.63) is 70.9 Å². The molecule has 0 bridgehead atoms. The third-order valence-corrected chi connectivity index (χ3v) is 6.86. The Morgan fingerprint density at radius 3 is 2.56 bits per heavy atom. The Kier molecular flexibility index (Phi) is 4.05. The number of rotatable bonds is 4. The van der Waals surface area contributed by atoms with Gasteiger partial charge in [-0.2, -0.15) is 0 Å². The van der Waals surface area contributed by atoms with Crippen LogP contribution in [0.5, 0.6) is 0 Å². The maximum atomic E-state index is 12.6. The molecule has 9 heteroatoms. The fourth-order valence-corrected chi connectivity index (χ4v) is 5.10. The maximum absolute atomic E-state index is 12.6. The molecule has 1 N–H and O–H groups in total. The molecule has 2 aromatic heterocycles. The Morgan fingerprint density at radius 2 is 1.85 bits per heavy atom. The van der Waals surface area contributed by atoms with Crippen LogP contribution in [-0.4, -0.2) is 25.2 Å². The Balaban J connectivity index is 1.66. The van der Waals surface area contributed by atoms with Crippen molar-refractivity contribution in [2.24, 2.45) is 0 Å². The summed E-state index contributed by atoms with van der Waals surface area (Å²) in [6.45, 7) is 1.82. The molecule has 27 heavy (non-hydrogen) atoms. The number of benzene rings is 1. The predicted molar refractivity (Wildman–Crippen MR) is 102 cm³/mol. The number of thiophene rings is 1. The number of amides is 2. The zero-order chi connectivity index (χ0) is 19.2. The minimum Gasteiger partial charge on any atom is -0.279 e. The summed E-state index contributed by atoms with van der Waals surface area (Å²) in [5.74, 6) is -1.03. The second kappa shape index (κ2) is 6.29. The van der Waals surface area contributed by atoms with Gasteiger partial charge >= 0.3 is 0 Å². The van der Waals surface area contributed by atoms with Gasteiger partial charge in [0.1, 0.15) is 9.90 Å². The molecule has 0 saturated heterocycles.